The minimum atomic E-state index is -0.516. The Morgan fingerprint density at radius 2 is 1.56 bits per heavy atom. The Morgan fingerprint density at radius 1 is 0.889 bits per heavy atom. The van der Waals surface area contributed by atoms with E-state index >= 15 is 0 Å². The first-order valence-corrected chi connectivity index (χ1v) is 9.29. The molecule has 0 spiro atoms. The zero-order valence-electron chi connectivity index (χ0n) is 16.2. The van der Waals surface area contributed by atoms with Crippen molar-refractivity contribution in [3.05, 3.63) is 76.7 Å². The summed E-state index contributed by atoms with van der Waals surface area (Å²) in [5.41, 5.74) is 0.956. The number of hydrogen-bond donors (Lipinski definition) is 0. The van der Waals surface area contributed by atoms with E-state index in [0.717, 1.165) is 11.0 Å². The highest BCUT2D eigenvalue weighted by molar-refractivity contribution is 6.62. The summed E-state index contributed by atoms with van der Waals surface area (Å²) in [5, 5.41) is 2.38. The number of pyridine rings is 1. The van der Waals surface area contributed by atoms with E-state index in [9.17, 15) is 4.79 Å². The third kappa shape index (κ3) is 3.33. The van der Waals surface area contributed by atoms with Crippen LogP contribution in [0, 0.1) is 0 Å². The third-order valence-corrected chi connectivity index (χ3v) is 5.71. The molecule has 1 aliphatic rings. The van der Waals surface area contributed by atoms with Gasteiger partial charge in [0.15, 0.2) is 0 Å². The van der Waals surface area contributed by atoms with Crippen LogP contribution in [0.2, 0.25) is 0 Å². The molecule has 0 N–H and O–H groups in total. The van der Waals surface area contributed by atoms with Crippen molar-refractivity contribution in [1.82, 2.24) is 4.57 Å². The van der Waals surface area contributed by atoms with Gasteiger partial charge in [-0.2, -0.15) is 0 Å². The van der Waals surface area contributed by atoms with Gasteiger partial charge in [0.25, 0.3) is 0 Å². The molecule has 0 bridgehead atoms. The van der Waals surface area contributed by atoms with Crippen LogP contribution in [0.5, 0.6) is 0 Å². The zero-order valence-corrected chi connectivity index (χ0v) is 16.2. The molecule has 5 heteroatoms. The molecular formula is C22H24BNO3. The predicted molar refractivity (Wildman–Crippen MR) is 109 cm³/mol. The van der Waals surface area contributed by atoms with Crippen molar-refractivity contribution in [3.63, 3.8) is 0 Å². The van der Waals surface area contributed by atoms with Gasteiger partial charge in [0.2, 0.25) is 5.56 Å². The number of aromatic nitrogens is 1. The number of rotatable bonds is 3. The highest BCUT2D eigenvalue weighted by Crippen LogP contribution is 2.36. The van der Waals surface area contributed by atoms with Crippen molar-refractivity contribution in [3.8, 4) is 0 Å². The smallest absolute Gasteiger partial charge is 0.399 e. The highest BCUT2D eigenvalue weighted by Gasteiger charge is 2.51. The molecule has 1 aromatic heterocycles. The van der Waals surface area contributed by atoms with Crippen molar-refractivity contribution in [2.24, 2.45) is 0 Å². The van der Waals surface area contributed by atoms with Gasteiger partial charge in [0, 0.05) is 12.3 Å². The van der Waals surface area contributed by atoms with Crippen molar-refractivity contribution in [1.29, 1.82) is 0 Å². The molecule has 27 heavy (non-hydrogen) atoms. The number of nitrogens with zero attached hydrogens (tertiary/aromatic N) is 1. The fourth-order valence-corrected chi connectivity index (χ4v) is 3.31. The van der Waals surface area contributed by atoms with Crippen molar-refractivity contribution < 1.29 is 9.31 Å². The van der Waals surface area contributed by atoms with Gasteiger partial charge in [-0.15, -0.1) is 0 Å². The lowest BCUT2D eigenvalue weighted by molar-refractivity contribution is 0.00578. The summed E-state index contributed by atoms with van der Waals surface area (Å²) in [5.74, 6) is 0. The normalized spacial score (nSPS) is 18.1. The monoisotopic (exact) mass is 361 g/mol. The summed E-state index contributed by atoms with van der Waals surface area (Å²) in [4.78, 5) is 12.6. The Balaban J connectivity index is 1.58. The molecular weight excluding hydrogens is 337 g/mol. The number of fused-ring (bicyclic) bond motifs is 1. The van der Waals surface area contributed by atoms with Gasteiger partial charge in [-0.05, 0) is 61.6 Å². The van der Waals surface area contributed by atoms with Gasteiger partial charge in [0.1, 0.15) is 0 Å². The van der Waals surface area contributed by atoms with E-state index in [0.29, 0.717) is 6.54 Å². The highest BCUT2D eigenvalue weighted by atomic mass is 16.7. The fraction of sp³-hybridized carbons (Fsp3) is 0.318. The molecule has 1 saturated heterocycles. The largest absolute Gasteiger partial charge is 0.495 e. The maximum absolute atomic E-state index is 12.6. The van der Waals surface area contributed by atoms with Crippen molar-refractivity contribution in [2.45, 2.75) is 45.4 Å². The van der Waals surface area contributed by atoms with Crippen molar-refractivity contribution in [2.75, 3.05) is 0 Å². The molecule has 0 aliphatic carbocycles. The summed E-state index contributed by atoms with van der Waals surface area (Å²) in [6, 6.07) is 18.0. The minimum absolute atomic E-state index is 0.0598. The average molecular weight is 361 g/mol. The van der Waals surface area contributed by atoms with Crippen LogP contribution in [0.4, 0.5) is 0 Å². The minimum Gasteiger partial charge on any atom is -0.399 e. The molecule has 1 aliphatic heterocycles. The lowest BCUT2D eigenvalue weighted by atomic mass is 9.80. The zero-order chi connectivity index (χ0) is 19.2. The molecule has 0 unspecified atom stereocenters. The van der Waals surface area contributed by atoms with Gasteiger partial charge in [-0.25, -0.2) is 0 Å². The fourth-order valence-electron chi connectivity index (χ4n) is 3.31. The summed E-state index contributed by atoms with van der Waals surface area (Å²) in [7, 11) is -0.516. The lowest BCUT2D eigenvalue weighted by Crippen LogP contribution is -2.41. The van der Waals surface area contributed by atoms with Crippen LogP contribution >= 0.6 is 0 Å². The van der Waals surface area contributed by atoms with Crippen molar-refractivity contribution >= 4 is 23.4 Å². The SMILES string of the molecule is CC1(C)OB(c2ccn(Cc3ccc4ccccc4c3)c(=O)c2)OC1(C)C. The van der Waals surface area contributed by atoms with E-state index in [1.807, 2.05) is 52.1 Å². The first kappa shape index (κ1) is 18.0. The lowest BCUT2D eigenvalue weighted by Gasteiger charge is -2.32. The van der Waals surface area contributed by atoms with E-state index in [2.05, 4.69) is 30.3 Å². The molecule has 0 atom stereocenters. The Labute approximate surface area is 159 Å². The third-order valence-electron chi connectivity index (χ3n) is 5.71. The molecule has 4 nitrogen and oxygen atoms in total. The van der Waals surface area contributed by atoms with Crippen LogP contribution in [-0.4, -0.2) is 22.9 Å². The molecule has 0 saturated carbocycles. The summed E-state index contributed by atoms with van der Waals surface area (Å²) in [6.07, 6.45) is 1.82. The second-order valence-corrected chi connectivity index (χ2v) is 8.20. The van der Waals surface area contributed by atoms with Crippen LogP contribution < -0.4 is 11.0 Å². The van der Waals surface area contributed by atoms with Crippen LogP contribution in [-0.2, 0) is 15.9 Å². The van der Waals surface area contributed by atoms with E-state index in [1.165, 1.54) is 10.8 Å². The van der Waals surface area contributed by atoms with Gasteiger partial charge >= 0.3 is 7.12 Å². The van der Waals surface area contributed by atoms with Gasteiger partial charge in [-0.1, -0.05) is 36.4 Å². The van der Waals surface area contributed by atoms with Crippen LogP contribution in [0.25, 0.3) is 10.8 Å². The molecule has 0 amide bonds. The maximum Gasteiger partial charge on any atom is 0.495 e. The Hall–Kier alpha value is -2.37. The molecule has 1 fully saturated rings. The second kappa shape index (κ2) is 6.36. The first-order chi connectivity index (χ1) is 12.7. The van der Waals surface area contributed by atoms with E-state index in [4.69, 9.17) is 9.31 Å². The molecule has 138 valence electrons. The molecule has 2 aromatic carbocycles. The topological polar surface area (TPSA) is 40.5 Å². The van der Waals surface area contributed by atoms with Gasteiger partial charge in [0.05, 0.1) is 17.7 Å². The first-order valence-electron chi connectivity index (χ1n) is 9.29. The summed E-state index contributed by atoms with van der Waals surface area (Å²) >= 11 is 0. The summed E-state index contributed by atoms with van der Waals surface area (Å²) in [6.45, 7) is 8.57. The number of benzene rings is 2. The molecule has 0 radical (unpaired) electrons. The maximum atomic E-state index is 12.6. The van der Waals surface area contributed by atoms with E-state index < -0.39 is 18.3 Å². The van der Waals surface area contributed by atoms with E-state index in [-0.39, 0.29) is 5.56 Å². The molecule has 2 heterocycles. The van der Waals surface area contributed by atoms with Crippen LogP contribution in [0.1, 0.15) is 33.3 Å². The second-order valence-electron chi connectivity index (χ2n) is 8.20. The Morgan fingerprint density at radius 3 is 2.22 bits per heavy atom. The quantitative estimate of drug-likeness (QED) is 0.672. The Kier molecular flexibility index (Phi) is 4.24. The van der Waals surface area contributed by atoms with Gasteiger partial charge < -0.3 is 13.9 Å². The van der Waals surface area contributed by atoms with Crippen LogP contribution in [0.15, 0.2) is 65.6 Å². The van der Waals surface area contributed by atoms with E-state index in [1.54, 1.807) is 10.6 Å². The Bertz CT molecular complexity index is 1040. The molecule has 3 aromatic rings. The standard InChI is InChI=1S/C22H24BNO3/c1-21(2)22(3,4)27-23(26-21)19-11-12-24(20(25)14-19)15-16-9-10-17-7-5-6-8-18(17)13-16/h5-14H,15H2,1-4H3. The summed E-state index contributed by atoms with van der Waals surface area (Å²) < 4.78 is 13.8. The van der Waals surface area contributed by atoms with Crippen LogP contribution in [0.3, 0.4) is 0 Å². The average Bonchev–Trinajstić information content (AvgIpc) is 2.84. The molecule has 4 rings (SSSR count). The van der Waals surface area contributed by atoms with Gasteiger partial charge in [-0.3, -0.25) is 4.79 Å². The predicted octanol–water partition coefficient (Wildman–Crippen LogP) is 3.35. The number of hydrogen-bond acceptors (Lipinski definition) is 3.